The molecular weight excluding hydrogens is 500 g/mol. The number of hydrogen-bond acceptors (Lipinski definition) is 9. The van der Waals surface area contributed by atoms with E-state index in [0.717, 1.165) is 22.4 Å². The maximum absolute atomic E-state index is 13.2. The number of anilines is 2. The predicted octanol–water partition coefficient (Wildman–Crippen LogP) is 4.23. The van der Waals surface area contributed by atoms with Crippen molar-refractivity contribution in [3.05, 3.63) is 65.2 Å². The minimum Gasteiger partial charge on any atom is -0.502 e. The summed E-state index contributed by atoms with van der Waals surface area (Å²) in [6.07, 6.45) is 0. The molecule has 4 atom stereocenters. The predicted molar refractivity (Wildman–Crippen MR) is 138 cm³/mol. The highest BCUT2D eigenvalue weighted by molar-refractivity contribution is 5.85. The van der Waals surface area contributed by atoms with Crippen LogP contribution < -0.4 is 30.0 Å². The van der Waals surface area contributed by atoms with E-state index in [2.05, 4.69) is 5.32 Å². The number of ether oxygens (including phenoxy) is 5. The minimum atomic E-state index is -0.483. The number of cyclic esters (lactones) is 1. The van der Waals surface area contributed by atoms with Crippen molar-refractivity contribution in [3.8, 4) is 28.7 Å². The molecule has 0 aromatic heterocycles. The van der Waals surface area contributed by atoms with Crippen LogP contribution in [0.5, 0.6) is 28.7 Å². The van der Waals surface area contributed by atoms with E-state index in [9.17, 15) is 9.90 Å². The number of carbonyl (C=O) groups is 1. The number of nitrogens with two attached hydrogens (primary N) is 1. The van der Waals surface area contributed by atoms with Crippen molar-refractivity contribution in [2.75, 3.05) is 38.7 Å². The summed E-state index contributed by atoms with van der Waals surface area (Å²) >= 11 is 0. The van der Waals surface area contributed by atoms with Crippen molar-refractivity contribution < 1.29 is 33.6 Å². The molecule has 0 amide bonds. The average molecular weight is 527 g/mol. The summed E-state index contributed by atoms with van der Waals surface area (Å²) in [5.74, 6) is 0.383. The first-order valence-electron chi connectivity index (χ1n) is 11.7. The smallest absolute Gasteiger partial charge is 0.310 e. The second kappa shape index (κ2) is 9.48. The number of phenols is 1. The van der Waals surface area contributed by atoms with Crippen LogP contribution in [0.25, 0.3) is 0 Å². The molecule has 4 N–H and O–H groups in total. The lowest BCUT2D eigenvalue weighted by Gasteiger charge is -2.40. The molecule has 2 heterocycles. The fourth-order valence-electron chi connectivity index (χ4n) is 5.60. The number of methoxy groups -OCH3 is 2. The van der Waals surface area contributed by atoms with Gasteiger partial charge in [0.1, 0.15) is 0 Å². The normalized spacial score (nSPS) is 22.8. The molecule has 10 heteroatoms. The number of nitrogens with one attached hydrogen (secondary N) is 1. The van der Waals surface area contributed by atoms with Gasteiger partial charge in [-0.15, -0.1) is 12.4 Å². The first-order valence-corrected chi connectivity index (χ1v) is 11.7. The number of esters is 1. The molecule has 194 valence electrons. The summed E-state index contributed by atoms with van der Waals surface area (Å²) in [7, 11) is 2.95. The SMILES string of the molecule is COc1cc([C@H]2c3cc4c(cc3[C@@H](Nc3ccc(N)cc3)C3COC(=O)[C@@H]32)OCO4)cc(OC)c1O.Cl. The number of phenolic OH excluding ortho intramolecular Hbond substituents is 1. The van der Waals surface area contributed by atoms with Crippen LogP contribution in [0.2, 0.25) is 0 Å². The summed E-state index contributed by atoms with van der Waals surface area (Å²) in [6, 6.07) is 14.7. The van der Waals surface area contributed by atoms with Gasteiger partial charge < -0.3 is 39.8 Å². The van der Waals surface area contributed by atoms with Gasteiger partial charge in [-0.05, 0) is 65.2 Å². The van der Waals surface area contributed by atoms with Crippen molar-refractivity contribution in [2.24, 2.45) is 11.8 Å². The second-order valence-electron chi connectivity index (χ2n) is 9.15. The van der Waals surface area contributed by atoms with Crippen molar-refractivity contribution in [3.63, 3.8) is 0 Å². The zero-order chi connectivity index (χ0) is 25.0. The molecule has 0 radical (unpaired) electrons. The van der Waals surface area contributed by atoms with Crippen LogP contribution in [0.4, 0.5) is 11.4 Å². The van der Waals surface area contributed by atoms with E-state index in [1.165, 1.54) is 14.2 Å². The molecule has 1 saturated heterocycles. The summed E-state index contributed by atoms with van der Waals surface area (Å²) < 4.78 is 27.9. The number of nitrogen functional groups attached to an aromatic ring is 1. The van der Waals surface area contributed by atoms with Crippen LogP contribution in [0.1, 0.15) is 28.7 Å². The largest absolute Gasteiger partial charge is 0.502 e. The molecule has 0 saturated carbocycles. The Morgan fingerprint density at radius 1 is 0.946 bits per heavy atom. The third-order valence-corrected chi connectivity index (χ3v) is 7.28. The lowest BCUT2D eigenvalue weighted by Crippen LogP contribution is -2.37. The fourth-order valence-corrected chi connectivity index (χ4v) is 5.60. The van der Waals surface area contributed by atoms with Crippen LogP contribution in [0.3, 0.4) is 0 Å². The molecule has 2 aliphatic heterocycles. The number of fused-ring (bicyclic) bond motifs is 3. The van der Waals surface area contributed by atoms with Crippen LogP contribution in [0.15, 0.2) is 48.5 Å². The Labute approximate surface area is 219 Å². The monoisotopic (exact) mass is 526 g/mol. The van der Waals surface area contributed by atoms with Gasteiger partial charge in [0.25, 0.3) is 0 Å². The first-order chi connectivity index (χ1) is 17.5. The molecule has 1 fully saturated rings. The Bertz CT molecular complexity index is 1320. The summed E-state index contributed by atoms with van der Waals surface area (Å²) in [5, 5.41) is 14.1. The standard InChI is InChI=1S/C27H26N2O7.ClH/c1-32-21-7-13(8-22(33-2)26(21)30)23-16-9-19-20(36-12-35-19)10-17(16)25(18-11-34-27(31)24(18)23)29-15-5-3-14(28)4-6-15;/h3-10,18,23-25,29-30H,11-12,28H2,1-2H3;1H/t18?,23-,24-,25+;/m0./s1. The Morgan fingerprint density at radius 2 is 1.57 bits per heavy atom. The van der Waals surface area contributed by atoms with Gasteiger partial charge in [0, 0.05) is 23.2 Å². The zero-order valence-corrected chi connectivity index (χ0v) is 21.0. The molecule has 9 nitrogen and oxygen atoms in total. The molecule has 1 unspecified atom stereocenters. The van der Waals surface area contributed by atoms with E-state index < -0.39 is 5.92 Å². The van der Waals surface area contributed by atoms with Crippen molar-refractivity contribution >= 4 is 29.8 Å². The highest BCUT2D eigenvalue weighted by Gasteiger charge is 2.52. The van der Waals surface area contributed by atoms with Crippen LogP contribution in [-0.2, 0) is 9.53 Å². The summed E-state index contributed by atoms with van der Waals surface area (Å²) in [6.45, 7) is 0.404. The number of carbonyl (C=O) groups excluding carboxylic acids is 1. The van der Waals surface area contributed by atoms with Gasteiger partial charge in [0.05, 0.1) is 32.8 Å². The minimum absolute atomic E-state index is 0. The highest BCUT2D eigenvalue weighted by Crippen LogP contribution is 2.56. The zero-order valence-electron chi connectivity index (χ0n) is 20.2. The average Bonchev–Trinajstić information content (AvgIpc) is 3.51. The number of halogens is 1. The molecule has 3 aromatic rings. The molecule has 37 heavy (non-hydrogen) atoms. The van der Waals surface area contributed by atoms with Gasteiger partial charge in [-0.2, -0.15) is 0 Å². The van der Waals surface area contributed by atoms with Crippen LogP contribution in [0, 0.1) is 11.8 Å². The molecule has 3 aliphatic rings. The quantitative estimate of drug-likeness (QED) is 0.331. The Morgan fingerprint density at radius 3 is 2.19 bits per heavy atom. The maximum atomic E-state index is 13.2. The van der Waals surface area contributed by atoms with E-state index >= 15 is 0 Å². The number of aromatic hydroxyl groups is 1. The number of benzene rings is 3. The van der Waals surface area contributed by atoms with E-state index in [-0.39, 0.29) is 66.9 Å². The van der Waals surface area contributed by atoms with Crippen LogP contribution >= 0.6 is 12.4 Å². The Hall–Kier alpha value is -3.98. The lowest BCUT2D eigenvalue weighted by atomic mass is 9.65. The summed E-state index contributed by atoms with van der Waals surface area (Å²) in [4.78, 5) is 13.2. The van der Waals surface area contributed by atoms with Gasteiger partial charge in [-0.25, -0.2) is 0 Å². The molecule has 0 bridgehead atoms. The third kappa shape index (κ3) is 3.99. The van der Waals surface area contributed by atoms with E-state index in [4.69, 9.17) is 29.4 Å². The number of hydrogen-bond donors (Lipinski definition) is 3. The van der Waals surface area contributed by atoms with Crippen molar-refractivity contribution in [1.29, 1.82) is 0 Å². The fraction of sp³-hybridized carbons (Fsp3) is 0.296. The number of rotatable bonds is 5. The molecule has 1 aliphatic carbocycles. The van der Waals surface area contributed by atoms with Crippen LogP contribution in [-0.4, -0.2) is 38.7 Å². The molecular formula is C27H27ClN2O7. The summed E-state index contributed by atoms with van der Waals surface area (Å²) in [5.41, 5.74) is 10.1. The highest BCUT2D eigenvalue weighted by atomic mass is 35.5. The van der Waals surface area contributed by atoms with Gasteiger partial charge in [-0.1, -0.05) is 0 Å². The van der Waals surface area contributed by atoms with E-state index in [1.54, 1.807) is 12.1 Å². The Balaban J connectivity index is 0.00000280. The third-order valence-electron chi connectivity index (χ3n) is 7.28. The molecule has 6 rings (SSSR count). The lowest BCUT2D eigenvalue weighted by molar-refractivity contribution is -0.141. The maximum Gasteiger partial charge on any atom is 0.310 e. The van der Waals surface area contributed by atoms with Gasteiger partial charge in [-0.3, -0.25) is 4.79 Å². The van der Waals surface area contributed by atoms with Crippen molar-refractivity contribution in [2.45, 2.75) is 12.0 Å². The second-order valence-corrected chi connectivity index (χ2v) is 9.15. The first kappa shape index (κ1) is 24.7. The Kier molecular flexibility index (Phi) is 6.33. The van der Waals surface area contributed by atoms with Gasteiger partial charge >= 0.3 is 5.97 Å². The van der Waals surface area contributed by atoms with E-state index in [0.29, 0.717) is 17.2 Å². The van der Waals surface area contributed by atoms with Crippen molar-refractivity contribution in [1.82, 2.24) is 0 Å². The van der Waals surface area contributed by atoms with Gasteiger partial charge in [0.2, 0.25) is 12.5 Å². The van der Waals surface area contributed by atoms with E-state index in [1.807, 2.05) is 36.4 Å². The molecule has 3 aromatic carbocycles. The topological polar surface area (TPSA) is 122 Å². The molecule has 0 spiro atoms. The van der Waals surface area contributed by atoms with Gasteiger partial charge in [0.15, 0.2) is 23.0 Å².